The Balaban J connectivity index is 1.46. The van der Waals surface area contributed by atoms with Crippen LogP contribution < -0.4 is 15.5 Å². The van der Waals surface area contributed by atoms with Gasteiger partial charge in [-0.3, -0.25) is 14.2 Å². The molecule has 1 amide bonds. The van der Waals surface area contributed by atoms with E-state index in [0.29, 0.717) is 37.7 Å². The van der Waals surface area contributed by atoms with Crippen LogP contribution in [-0.2, 0) is 4.79 Å². The van der Waals surface area contributed by atoms with Crippen molar-refractivity contribution in [1.29, 1.82) is 0 Å². The largest absolute Gasteiger partial charge is 0.371 e. The summed E-state index contributed by atoms with van der Waals surface area (Å²) >= 11 is 0. The highest BCUT2D eigenvalue weighted by Crippen LogP contribution is 2.36. The Kier molecular flexibility index (Phi) is 7.39. The number of anilines is 3. The molecular weight excluding hydrogens is 492 g/mol. The second-order valence-corrected chi connectivity index (χ2v) is 9.75. The lowest BCUT2D eigenvalue weighted by Crippen LogP contribution is -2.49. The van der Waals surface area contributed by atoms with Crippen molar-refractivity contribution < 1.29 is 13.6 Å². The molecule has 202 valence electrons. The number of carbonyl (C=O) groups excluding carboxylic acids is 1. The molecule has 10 nitrogen and oxygen atoms in total. The molecule has 38 heavy (non-hydrogen) atoms. The van der Waals surface area contributed by atoms with Crippen LogP contribution in [0.15, 0.2) is 29.4 Å². The molecule has 3 aromatic heterocycles. The van der Waals surface area contributed by atoms with Crippen LogP contribution in [0.3, 0.4) is 0 Å². The average Bonchev–Trinajstić information content (AvgIpc) is 3.27. The number of aliphatic imine (C=N–C) groups is 1. The number of hydrogen-bond acceptors (Lipinski definition) is 8. The lowest BCUT2D eigenvalue weighted by Gasteiger charge is -2.34. The maximum Gasteiger partial charge on any atom is 0.243 e. The van der Waals surface area contributed by atoms with Gasteiger partial charge in [-0.1, -0.05) is 0 Å². The molecule has 1 fully saturated rings. The van der Waals surface area contributed by atoms with Crippen LogP contribution in [0.2, 0.25) is 0 Å². The molecule has 2 aliphatic rings. The van der Waals surface area contributed by atoms with Gasteiger partial charge in [0.1, 0.15) is 17.4 Å². The van der Waals surface area contributed by atoms with E-state index in [2.05, 4.69) is 37.5 Å². The Hall–Kier alpha value is -3.83. The second kappa shape index (κ2) is 10.9. The predicted molar refractivity (Wildman–Crippen MR) is 145 cm³/mol. The van der Waals surface area contributed by atoms with Gasteiger partial charge in [0.05, 0.1) is 25.0 Å². The summed E-state index contributed by atoms with van der Waals surface area (Å²) in [5.41, 5.74) is 3.04. The van der Waals surface area contributed by atoms with Crippen molar-refractivity contribution in [2.24, 2.45) is 4.99 Å². The summed E-state index contributed by atoms with van der Waals surface area (Å²) in [6, 6.07) is 5.42. The van der Waals surface area contributed by atoms with Crippen LogP contribution in [-0.4, -0.2) is 88.2 Å². The van der Waals surface area contributed by atoms with E-state index in [-0.39, 0.29) is 25.2 Å². The van der Waals surface area contributed by atoms with Crippen molar-refractivity contribution in [3.05, 3.63) is 24.4 Å². The summed E-state index contributed by atoms with van der Waals surface area (Å²) in [4.78, 5) is 29.4. The number of carbonyl (C=O) groups is 1. The summed E-state index contributed by atoms with van der Waals surface area (Å²) in [5, 5.41) is 10.8. The van der Waals surface area contributed by atoms with Gasteiger partial charge in [0, 0.05) is 57.5 Å². The van der Waals surface area contributed by atoms with E-state index in [1.54, 1.807) is 11.6 Å². The molecule has 0 bridgehead atoms. The number of alkyl halides is 2. The number of fused-ring (bicyclic) bond motifs is 2. The van der Waals surface area contributed by atoms with Gasteiger partial charge in [0.15, 0.2) is 11.6 Å². The zero-order chi connectivity index (χ0) is 26.8. The first-order valence-corrected chi connectivity index (χ1v) is 13.0. The van der Waals surface area contributed by atoms with Crippen LogP contribution in [0, 0.1) is 0 Å². The zero-order valence-corrected chi connectivity index (χ0v) is 21.9. The Labute approximate surface area is 220 Å². The van der Waals surface area contributed by atoms with Crippen molar-refractivity contribution in [3.63, 3.8) is 0 Å². The number of piperidine rings is 1. The van der Waals surface area contributed by atoms with Crippen LogP contribution in [0.5, 0.6) is 0 Å². The number of halogens is 2. The number of nitrogens with zero attached hydrogens (tertiary/aromatic N) is 7. The number of aromatic nitrogens is 4. The number of amides is 1. The lowest BCUT2D eigenvalue weighted by atomic mass is 10.0. The highest BCUT2D eigenvalue weighted by molar-refractivity contribution is 5.89. The molecule has 2 N–H and O–H groups in total. The summed E-state index contributed by atoms with van der Waals surface area (Å²) in [7, 11) is 1.77. The standard InChI is InChI=1S/C26H33F2N9O/c1-16-7-11-30-22-6-5-20(31-25(22)36(16)12-4-10-27)18-8-14-37-23(18)24(29-3)33-26(34-37)32-21-9-13-35(17(2)38)15-19(21)28/h5-6,8,11,14,16,19,21H,4,7,9-10,12-13,15H2,1-3H3,(H2,29,32,33,34)/t16-,19-,21+/m1/s1. The fourth-order valence-electron chi connectivity index (χ4n) is 5.09. The van der Waals surface area contributed by atoms with Gasteiger partial charge in [0.2, 0.25) is 11.9 Å². The molecule has 0 radical (unpaired) electrons. The van der Waals surface area contributed by atoms with Gasteiger partial charge in [0.25, 0.3) is 0 Å². The molecule has 0 saturated carbocycles. The van der Waals surface area contributed by atoms with Crippen molar-refractivity contribution in [3.8, 4) is 11.3 Å². The van der Waals surface area contributed by atoms with Gasteiger partial charge in [-0.05, 0) is 38.0 Å². The van der Waals surface area contributed by atoms with Crippen molar-refractivity contribution in [2.45, 2.75) is 51.4 Å². The normalized spacial score (nSPS) is 21.3. The SMILES string of the molecule is CNc1nc(N[C@H]2CCN(C(C)=O)C[C@H]2F)nn2ccc(-c3ccc4c(n3)N(CCCF)[C@H](C)CC=N4)c12. The third-order valence-electron chi connectivity index (χ3n) is 7.19. The molecule has 1 saturated heterocycles. The molecule has 0 aliphatic carbocycles. The number of hydrogen-bond donors (Lipinski definition) is 2. The van der Waals surface area contributed by atoms with Crippen molar-refractivity contribution in [1.82, 2.24) is 24.5 Å². The van der Waals surface area contributed by atoms with Gasteiger partial charge >= 0.3 is 0 Å². The first-order valence-electron chi connectivity index (χ1n) is 13.0. The summed E-state index contributed by atoms with van der Waals surface area (Å²) in [6.45, 7) is 4.25. The molecule has 3 aromatic rings. The van der Waals surface area contributed by atoms with Crippen LogP contribution in [0.4, 0.5) is 32.1 Å². The number of rotatable bonds is 7. The average molecular weight is 526 g/mol. The molecular formula is C26H33F2N9O. The summed E-state index contributed by atoms with van der Waals surface area (Å²) in [6.07, 6.45) is 4.13. The minimum Gasteiger partial charge on any atom is -0.371 e. The molecule has 2 aliphatic heterocycles. The number of nitrogens with one attached hydrogen (secondary N) is 2. The third kappa shape index (κ3) is 4.99. The first kappa shape index (κ1) is 25.8. The highest BCUT2D eigenvalue weighted by atomic mass is 19.1. The third-order valence-corrected chi connectivity index (χ3v) is 7.19. The van der Waals surface area contributed by atoms with Gasteiger partial charge in [-0.2, -0.15) is 4.98 Å². The van der Waals surface area contributed by atoms with Crippen molar-refractivity contribution in [2.75, 3.05) is 48.9 Å². The highest BCUT2D eigenvalue weighted by Gasteiger charge is 2.31. The Morgan fingerprint density at radius 3 is 2.82 bits per heavy atom. The fourth-order valence-corrected chi connectivity index (χ4v) is 5.09. The molecule has 3 atom stereocenters. The summed E-state index contributed by atoms with van der Waals surface area (Å²) in [5.74, 6) is 1.46. The quantitative estimate of drug-likeness (QED) is 0.483. The van der Waals surface area contributed by atoms with E-state index in [0.717, 1.165) is 34.7 Å². The van der Waals surface area contributed by atoms with Gasteiger partial charge < -0.3 is 20.4 Å². The molecule has 0 spiro atoms. The molecule has 0 unspecified atom stereocenters. The van der Waals surface area contributed by atoms with Gasteiger partial charge in [-0.15, -0.1) is 5.10 Å². The van der Waals surface area contributed by atoms with Crippen LogP contribution in [0.1, 0.15) is 33.1 Å². The summed E-state index contributed by atoms with van der Waals surface area (Å²) < 4.78 is 29.5. The maximum atomic E-state index is 14.8. The van der Waals surface area contributed by atoms with E-state index in [4.69, 9.17) is 4.98 Å². The molecule has 12 heteroatoms. The van der Waals surface area contributed by atoms with E-state index in [1.165, 1.54) is 11.8 Å². The minimum atomic E-state index is -1.22. The minimum absolute atomic E-state index is 0.0524. The molecule has 5 heterocycles. The maximum absolute atomic E-state index is 14.8. The molecule has 0 aromatic carbocycles. The Morgan fingerprint density at radius 1 is 1.24 bits per heavy atom. The van der Waals surface area contributed by atoms with Crippen LogP contribution >= 0.6 is 0 Å². The predicted octanol–water partition coefficient (Wildman–Crippen LogP) is 3.86. The van der Waals surface area contributed by atoms with E-state index < -0.39 is 12.2 Å². The topological polar surface area (TPSA) is 103 Å². The Bertz CT molecular complexity index is 1340. The smallest absolute Gasteiger partial charge is 0.243 e. The van der Waals surface area contributed by atoms with E-state index in [1.807, 2.05) is 30.6 Å². The van der Waals surface area contributed by atoms with Crippen molar-refractivity contribution >= 4 is 40.9 Å². The molecule has 5 rings (SSSR count). The van der Waals surface area contributed by atoms with Gasteiger partial charge in [-0.25, -0.2) is 13.9 Å². The number of likely N-dealkylation sites (tertiary alicyclic amines) is 1. The van der Waals surface area contributed by atoms with E-state index in [9.17, 15) is 13.6 Å². The van der Waals surface area contributed by atoms with E-state index >= 15 is 0 Å². The van der Waals surface area contributed by atoms with Crippen LogP contribution in [0.25, 0.3) is 16.8 Å². The second-order valence-electron chi connectivity index (χ2n) is 9.75. The zero-order valence-electron chi connectivity index (χ0n) is 21.9. The number of pyridine rings is 1. The fraction of sp³-hybridized carbons (Fsp3) is 0.500. The lowest BCUT2D eigenvalue weighted by molar-refractivity contribution is -0.131. The monoisotopic (exact) mass is 525 g/mol. The Morgan fingerprint density at radius 2 is 2.08 bits per heavy atom. The first-order chi connectivity index (χ1) is 18.4.